The van der Waals surface area contributed by atoms with Gasteiger partial charge in [-0.05, 0) is 38.1 Å². The van der Waals surface area contributed by atoms with Crippen LogP contribution in [0.15, 0.2) is 24.3 Å². The Morgan fingerprint density at radius 1 is 1.38 bits per heavy atom. The summed E-state index contributed by atoms with van der Waals surface area (Å²) in [7, 11) is 0. The first kappa shape index (κ1) is 15.0. The number of nitriles is 1. The van der Waals surface area contributed by atoms with Gasteiger partial charge in [-0.15, -0.1) is 11.3 Å². The highest BCUT2D eigenvalue weighted by Crippen LogP contribution is 2.36. The summed E-state index contributed by atoms with van der Waals surface area (Å²) in [4.78, 5) is 12.7. The van der Waals surface area contributed by atoms with Crippen LogP contribution in [0, 0.1) is 17.1 Å². The molecule has 1 aromatic heterocycles. The smallest absolute Gasteiger partial charge is 0.205 e. The van der Waals surface area contributed by atoms with Crippen LogP contribution in [0.25, 0.3) is 0 Å². The Labute approximate surface area is 126 Å². The highest BCUT2D eigenvalue weighted by atomic mass is 32.1. The number of halogens is 1. The monoisotopic (exact) mass is 303 g/mol. The maximum absolute atomic E-state index is 12.9. The second-order valence-corrected chi connectivity index (χ2v) is 5.82. The van der Waals surface area contributed by atoms with Crippen molar-refractivity contribution in [1.82, 2.24) is 0 Å². The summed E-state index contributed by atoms with van der Waals surface area (Å²) in [5.41, 5.74) is 6.69. The molecule has 3 N–H and O–H groups in total. The van der Waals surface area contributed by atoms with Gasteiger partial charge in [0.05, 0.1) is 5.69 Å². The van der Waals surface area contributed by atoms with Gasteiger partial charge in [-0.3, -0.25) is 4.79 Å². The van der Waals surface area contributed by atoms with Gasteiger partial charge in [0.25, 0.3) is 0 Å². The first-order chi connectivity index (χ1) is 9.93. The molecule has 2 rings (SSSR count). The zero-order valence-corrected chi connectivity index (χ0v) is 12.4. The van der Waals surface area contributed by atoms with Crippen molar-refractivity contribution in [2.75, 3.05) is 11.1 Å². The lowest BCUT2D eigenvalue weighted by Gasteiger charge is -2.06. The Morgan fingerprint density at radius 2 is 2.00 bits per heavy atom. The Morgan fingerprint density at radius 3 is 2.52 bits per heavy atom. The van der Waals surface area contributed by atoms with Gasteiger partial charge in [-0.25, -0.2) is 4.39 Å². The molecule has 0 aliphatic carbocycles. The Hall–Kier alpha value is -2.39. The topological polar surface area (TPSA) is 78.9 Å². The Balaban J connectivity index is 2.44. The summed E-state index contributed by atoms with van der Waals surface area (Å²) < 4.78 is 12.9. The van der Waals surface area contributed by atoms with E-state index >= 15 is 0 Å². The van der Waals surface area contributed by atoms with Gasteiger partial charge in [0, 0.05) is 11.6 Å². The average Bonchev–Trinajstić information content (AvgIpc) is 2.74. The number of thiophene rings is 1. The molecule has 21 heavy (non-hydrogen) atoms. The van der Waals surface area contributed by atoms with Crippen molar-refractivity contribution in [2.45, 2.75) is 19.9 Å². The second kappa shape index (κ2) is 5.94. The fourth-order valence-corrected chi connectivity index (χ4v) is 3.00. The number of nitrogens with two attached hydrogens (primary N) is 1. The predicted molar refractivity (Wildman–Crippen MR) is 82.0 cm³/mol. The van der Waals surface area contributed by atoms with Gasteiger partial charge < -0.3 is 11.1 Å². The Bertz CT molecular complexity index is 714. The third-order valence-corrected chi connectivity index (χ3v) is 3.92. The lowest BCUT2D eigenvalue weighted by atomic mass is 10.1. The van der Waals surface area contributed by atoms with Gasteiger partial charge in [0.15, 0.2) is 0 Å². The molecule has 0 amide bonds. The van der Waals surface area contributed by atoms with E-state index in [1.165, 1.54) is 24.3 Å². The molecule has 0 aliphatic rings. The van der Waals surface area contributed by atoms with E-state index in [4.69, 9.17) is 5.73 Å². The van der Waals surface area contributed by atoms with E-state index in [9.17, 15) is 14.4 Å². The summed E-state index contributed by atoms with van der Waals surface area (Å²) in [5, 5.41) is 12.9. The molecule has 108 valence electrons. The minimum absolute atomic E-state index is 0.115. The molecule has 6 heteroatoms. The second-order valence-electron chi connectivity index (χ2n) is 4.80. The lowest BCUT2D eigenvalue weighted by Crippen LogP contribution is -2.09. The van der Waals surface area contributed by atoms with Gasteiger partial charge in [-0.2, -0.15) is 5.26 Å². The van der Waals surface area contributed by atoms with E-state index in [-0.39, 0.29) is 23.1 Å². The SMILES string of the molecule is CC(C)Nc1sc(C(=O)c2ccc(F)cc2)c(N)c1C#N. The normalized spacial score (nSPS) is 10.4. The summed E-state index contributed by atoms with van der Waals surface area (Å²) in [6.07, 6.45) is 0. The predicted octanol–water partition coefficient (Wildman–Crippen LogP) is 3.39. The standard InChI is InChI=1S/C15H14FN3OS/c1-8(2)19-15-11(7-17)12(18)14(21-15)13(20)9-3-5-10(16)6-4-9/h3-6,8,19H,18H2,1-2H3. The average molecular weight is 303 g/mol. The lowest BCUT2D eigenvalue weighted by molar-refractivity contribution is 0.104. The van der Waals surface area contributed by atoms with Crippen LogP contribution in [0.1, 0.15) is 34.6 Å². The first-order valence-electron chi connectivity index (χ1n) is 6.33. The molecule has 0 spiro atoms. The molecule has 0 radical (unpaired) electrons. The molecule has 0 saturated heterocycles. The number of ketones is 1. The van der Waals surface area contributed by atoms with Gasteiger partial charge in [-0.1, -0.05) is 0 Å². The molecule has 0 bridgehead atoms. The van der Waals surface area contributed by atoms with Crippen LogP contribution in [0.2, 0.25) is 0 Å². The number of nitrogens with zero attached hydrogens (tertiary/aromatic N) is 1. The summed E-state index contributed by atoms with van der Waals surface area (Å²) in [6.45, 7) is 3.86. The molecule has 0 unspecified atom stereocenters. The maximum atomic E-state index is 12.9. The third kappa shape index (κ3) is 3.03. The number of hydrogen-bond donors (Lipinski definition) is 2. The minimum Gasteiger partial charge on any atom is -0.396 e. The number of nitrogens with one attached hydrogen (secondary N) is 1. The van der Waals surface area contributed by atoms with Gasteiger partial charge in [0.2, 0.25) is 5.78 Å². The minimum atomic E-state index is -0.412. The number of carbonyl (C=O) groups is 1. The molecule has 2 aromatic rings. The molecule has 0 aliphatic heterocycles. The summed E-state index contributed by atoms with van der Waals surface area (Å²) in [5.74, 6) is -0.726. The van der Waals surface area contributed by atoms with Crippen LogP contribution in [-0.2, 0) is 0 Å². The van der Waals surface area contributed by atoms with Crippen LogP contribution in [0.5, 0.6) is 0 Å². The fraction of sp³-hybridized carbons (Fsp3) is 0.200. The zero-order chi connectivity index (χ0) is 15.6. The van der Waals surface area contributed by atoms with Gasteiger partial charge in [0.1, 0.15) is 27.3 Å². The summed E-state index contributed by atoms with van der Waals surface area (Å²) in [6, 6.07) is 7.37. The summed E-state index contributed by atoms with van der Waals surface area (Å²) >= 11 is 1.14. The van der Waals surface area contributed by atoms with Crippen LogP contribution in [0.3, 0.4) is 0 Å². The number of rotatable bonds is 4. The third-order valence-electron chi connectivity index (χ3n) is 2.79. The fourth-order valence-electron chi connectivity index (χ4n) is 1.82. The van der Waals surface area contributed by atoms with Crippen molar-refractivity contribution in [3.63, 3.8) is 0 Å². The van der Waals surface area contributed by atoms with E-state index in [2.05, 4.69) is 5.32 Å². The quantitative estimate of drug-likeness (QED) is 0.849. The van der Waals surface area contributed by atoms with Crippen molar-refractivity contribution in [2.24, 2.45) is 0 Å². The molecule has 0 saturated carbocycles. The maximum Gasteiger partial charge on any atom is 0.205 e. The molecule has 1 heterocycles. The zero-order valence-electron chi connectivity index (χ0n) is 11.6. The molecule has 0 atom stereocenters. The Kier molecular flexibility index (Phi) is 4.24. The highest BCUT2D eigenvalue weighted by Gasteiger charge is 2.22. The van der Waals surface area contributed by atoms with Crippen LogP contribution >= 0.6 is 11.3 Å². The van der Waals surface area contributed by atoms with E-state index in [0.717, 1.165) is 11.3 Å². The van der Waals surface area contributed by atoms with Gasteiger partial charge >= 0.3 is 0 Å². The number of benzene rings is 1. The van der Waals surface area contributed by atoms with Crippen LogP contribution < -0.4 is 11.1 Å². The molecule has 4 nitrogen and oxygen atoms in total. The number of nitrogen functional groups attached to an aromatic ring is 1. The molecular formula is C15H14FN3OS. The largest absolute Gasteiger partial charge is 0.396 e. The number of hydrogen-bond acceptors (Lipinski definition) is 5. The van der Waals surface area contributed by atoms with E-state index in [1.807, 2.05) is 19.9 Å². The highest BCUT2D eigenvalue weighted by molar-refractivity contribution is 7.19. The van der Waals surface area contributed by atoms with E-state index in [0.29, 0.717) is 15.4 Å². The number of anilines is 2. The molecular weight excluding hydrogens is 289 g/mol. The molecule has 1 aromatic carbocycles. The van der Waals surface area contributed by atoms with Crippen molar-refractivity contribution >= 4 is 27.8 Å². The van der Waals surface area contributed by atoms with Crippen molar-refractivity contribution in [3.05, 3.63) is 46.1 Å². The van der Waals surface area contributed by atoms with Crippen LogP contribution in [-0.4, -0.2) is 11.8 Å². The van der Waals surface area contributed by atoms with E-state index < -0.39 is 5.82 Å². The van der Waals surface area contributed by atoms with Crippen molar-refractivity contribution in [1.29, 1.82) is 5.26 Å². The van der Waals surface area contributed by atoms with Crippen LogP contribution in [0.4, 0.5) is 15.1 Å². The van der Waals surface area contributed by atoms with Crippen molar-refractivity contribution < 1.29 is 9.18 Å². The van der Waals surface area contributed by atoms with Crippen molar-refractivity contribution in [3.8, 4) is 6.07 Å². The number of carbonyl (C=O) groups excluding carboxylic acids is 1. The van der Waals surface area contributed by atoms with E-state index in [1.54, 1.807) is 0 Å². The first-order valence-corrected chi connectivity index (χ1v) is 7.14. The molecule has 0 fully saturated rings.